The van der Waals surface area contributed by atoms with Gasteiger partial charge in [-0.2, -0.15) is 5.26 Å². The predicted molar refractivity (Wildman–Crippen MR) is 105 cm³/mol. The first-order valence-corrected chi connectivity index (χ1v) is 8.94. The zero-order valence-electron chi connectivity index (χ0n) is 16.3. The van der Waals surface area contributed by atoms with Crippen LogP contribution in [0.2, 0.25) is 0 Å². The van der Waals surface area contributed by atoms with Gasteiger partial charge < -0.3 is 24.2 Å². The summed E-state index contributed by atoms with van der Waals surface area (Å²) in [5.74, 6) is -0.607. The maximum Gasteiger partial charge on any atom is 0.342 e. The number of anilines is 1. The van der Waals surface area contributed by atoms with Crippen LogP contribution in [0.1, 0.15) is 23.7 Å². The lowest BCUT2D eigenvalue weighted by molar-refractivity contribution is -0.121. The van der Waals surface area contributed by atoms with Gasteiger partial charge in [-0.05, 0) is 43.3 Å². The second kappa shape index (κ2) is 10.6. The van der Waals surface area contributed by atoms with Crippen molar-refractivity contribution in [2.24, 2.45) is 0 Å². The van der Waals surface area contributed by atoms with Crippen molar-refractivity contribution in [2.45, 2.75) is 13.3 Å². The molecule has 0 atom stereocenters. The number of hydrogen-bond acceptors (Lipinski definition) is 7. The van der Waals surface area contributed by atoms with Crippen LogP contribution in [0.5, 0.6) is 17.2 Å². The number of ether oxygens (including phenoxy) is 3. The van der Waals surface area contributed by atoms with Crippen molar-refractivity contribution >= 4 is 17.6 Å². The first-order chi connectivity index (χ1) is 14.0. The van der Waals surface area contributed by atoms with Crippen LogP contribution in [0.3, 0.4) is 0 Å². The number of carbonyl (C=O) groups is 2. The molecule has 0 saturated heterocycles. The first-order valence-electron chi connectivity index (χ1n) is 8.94. The van der Waals surface area contributed by atoms with Crippen LogP contribution in [-0.2, 0) is 9.53 Å². The summed E-state index contributed by atoms with van der Waals surface area (Å²) < 4.78 is 15.4. The highest BCUT2D eigenvalue weighted by molar-refractivity contribution is 5.98. The number of esters is 1. The van der Waals surface area contributed by atoms with E-state index in [-0.39, 0.29) is 24.3 Å². The lowest BCUT2D eigenvalue weighted by atomic mass is 10.2. The van der Waals surface area contributed by atoms with Gasteiger partial charge in [-0.3, -0.25) is 4.79 Å². The number of methoxy groups -OCH3 is 1. The second-order valence-electron chi connectivity index (χ2n) is 5.84. The van der Waals surface area contributed by atoms with E-state index in [9.17, 15) is 14.7 Å². The monoisotopic (exact) mass is 398 g/mol. The molecule has 2 aromatic rings. The van der Waals surface area contributed by atoms with E-state index in [1.807, 2.05) is 13.0 Å². The molecular weight excluding hydrogens is 376 g/mol. The number of nitriles is 1. The number of benzene rings is 2. The van der Waals surface area contributed by atoms with Gasteiger partial charge in [0.15, 0.2) is 6.61 Å². The van der Waals surface area contributed by atoms with Crippen molar-refractivity contribution in [2.75, 3.05) is 31.8 Å². The van der Waals surface area contributed by atoms with Gasteiger partial charge in [0.2, 0.25) is 0 Å². The number of rotatable bonds is 9. The Bertz CT molecular complexity index is 889. The van der Waals surface area contributed by atoms with E-state index in [0.29, 0.717) is 23.8 Å². The minimum atomic E-state index is -0.842. The number of nitrogens with zero attached hydrogens (tertiary/aromatic N) is 2. The summed E-state index contributed by atoms with van der Waals surface area (Å²) in [4.78, 5) is 26.2. The van der Waals surface area contributed by atoms with Crippen molar-refractivity contribution in [1.82, 2.24) is 0 Å². The Balaban J connectivity index is 2.07. The Morgan fingerprint density at radius 3 is 2.41 bits per heavy atom. The van der Waals surface area contributed by atoms with Crippen molar-refractivity contribution in [1.29, 1.82) is 5.26 Å². The van der Waals surface area contributed by atoms with Crippen molar-refractivity contribution in [3.8, 4) is 23.3 Å². The number of hydrogen-bond donors (Lipinski definition) is 1. The van der Waals surface area contributed by atoms with Crippen molar-refractivity contribution < 1.29 is 28.9 Å². The van der Waals surface area contributed by atoms with Gasteiger partial charge in [-0.15, -0.1) is 0 Å². The maximum absolute atomic E-state index is 12.6. The Kier molecular flexibility index (Phi) is 7.86. The number of phenolic OH excluding ortho intramolecular Hbond substituents is 1. The molecule has 29 heavy (non-hydrogen) atoms. The molecule has 1 amide bonds. The molecule has 0 aromatic heterocycles. The molecule has 0 bridgehead atoms. The Morgan fingerprint density at radius 2 is 1.83 bits per heavy atom. The van der Waals surface area contributed by atoms with E-state index < -0.39 is 18.5 Å². The van der Waals surface area contributed by atoms with E-state index in [1.165, 1.54) is 30.2 Å². The minimum Gasteiger partial charge on any atom is -0.507 e. The zero-order chi connectivity index (χ0) is 21.2. The summed E-state index contributed by atoms with van der Waals surface area (Å²) in [6.07, 6.45) is 0.117. The molecule has 0 aliphatic rings. The van der Waals surface area contributed by atoms with Gasteiger partial charge in [-0.1, -0.05) is 0 Å². The fourth-order valence-corrected chi connectivity index (χ4v) is 2.54. The summed E-state index contributed by atoms with van der Waals surface area (Å²) in [6, 6.07) is 12.9. The molecule has 8 heteroatoms. The Labute approximate surface area is 168 Å². The molecule has 2 rings (SSSR count). The smallest absolute Gasteiger partial charge is 0.342 e. The normalized spacial score (nSPS) is 9.97. The molecule has 0 aliphatic carbocycles. The van der Waals surface area contributed by atoms with Crippen molar-refractivity contribution in [3.63, 3.8) is 0 Å². The molecule has 0 unspecified atom stereocenters. The van der Waals surface area contributed by atoms with Crippen LogP contribution < -0.4 is 14.4 Å². The fraction of sp³-hybridized carbons (Fsp3) is 0.286. The SMILES string of the molecule is CCOc1ccc(N(CCC#N)C(=O)COC(=O)c2ccc(OC)cc2O)cc1. The van der Waals surface area contributed by atoms with Crippen LogP contribution in [0.25, 0.3) is 0 Å². The molecule has 152 valence electrons. The Morgan fingerprint density at radius 1 is 1.14 bits per heavy atom. The molecule has 0 heterocycles. The summed E-state index contributed by atoms with van der Waals surface area (Å²) in [6.45, 7) is 1.99. The third kappa shape index (κ3) is 5.87. The van der Waals surface area contributed by atoms with E-state index in [1.54, 1.807) is 24.3 Å². The van der Waals surface area contributed by atoms with Gasteiger partial charge in [0.1, 0.15) is 22.8 Å². The summed E-state index contributed by atoms with van der Waals surface area (Å²) in [7, 11) is 1.43. The van der Waals surface area contributed by atoms with Gasteiger partial charge in [-0.25, -0.2) is 4.79 Å². The molecule has 1 N–H and O–H groups in total. The molecule has 0 saturated carbocycles. The molecule has 2 aromatic carbocycles. The van der Waals surface area contributed by atoms with Crippen LogP contribution in [0.15, 0.2) is 42.5 Å². The topological polar surface area (TPSA) is 109 Å². The quantitative estimate of drug-likeness (QED) is 0.647. The molecule has 0 spiro atoms. The average molecular weight is 398 g/mol. The molecule has 0 aliphatic heterocycles. The average Bonchev–Trinajstić information content (AvgIpc) is 2.73. The van der Waals surface area contributed by atoms with Gasteiger partial charge in [0.25, 0.3) is 5.91 Å². The minimum absolute atomic E-state index is 0.0803. The van der Waals surface area contributed by atoms with Gasteiger partial charge in [0, 0.05) is 18.3 Å². The summed E-state index contributed by atoms with van der Waals surface area (Å²) in [5.41, 5.74) is 0.472. The highest BCUT2D eigenvalue weighted by atomic mass is 16.5. The Hall–Kier alpha value is -3.73. The lowest BCUT2D eigenvalue weighted by Crippen LogP contribution is -2.35. The summed E-state index contributed by atoms with van der Waals surface area (Å²) >= 11 is 0. The third-order valence-electron chi connectivity index (χ3n) is 3.96. The number of phenols is 1. The van der Waals surface area contributed by atoms with Gasteiger partial charge in [0.05, 0.1) is 26.2 Å². The summed E-state index contributed by atoms with van der Waals surface area (Å²) in [5, 5.41) is 18.8. The number of amides is 1. The second-order valence-corrected chi connectivity index (χ2v) is 5.84. The van der Waals surface area contributed by atoms with Gasteiger partial charge >= 0.3 is 5.97 Å². The predicted octanol–water partition coefficient (Wildman–Crippen LogP) is 2.90. The maximum atomic E-state index is 12.6. The first kappa shape index (κ1) is 21.6. The third-order valence-corrected chi connectivity index (χ3v) is 3.96. The fourth-order valence-electron chi connectivity index (χ4n) is 2.54. The van der Waals surface area contributed by atoms with E-state index in [2.05, 4.69) is 0 Å². The zero-order valence-corrected chi connectivity index (χ0v) is 16.3. The van der Waals surface area contributed by atoms with Crippen LogP contribution >= 0.6 is 0 Å². The number of aromatic hydroxyl groups is 1. The van der Waals surface area contributed by atoms with Crippen LogP contribution in [-0.4, -0.2) is 43.9 Å². The molecule has 0 fully saturated rings. The van der Waals surface area contributed by atoms with E-state index in [4.69, 9.17) is 19.5 Å². The van der Waals surface area contributed by atoms with Crippen LogP contribution in [0, 0.1) is 11.3 Å². The molecule has 8 nitrogen and oxygen atoms in total. The van der Waals surface area contributed by atoms with Crippen LogP contribution in [0.4, 0.5) is 5.69 Å². The standard InChI is InChI=1S/C21H22N2O6/c1-3-28-16-7-5-15(6-8-16)23(12-4-11-22)20(25)14-29-21(26)18-10-9-17(27-2)13-19(18)24/h5-10,13,24H,3-4,12,14H2,1-2H3. The molecular formula is C21H22N2O6. The van der Waals surface area contributed by atoms with E-state index in [0.717, 1.165) is 0 Å². The number of carbonyl (C=O) groups excluding carboxylic acids is 2. The van der Waals surface area contributed by atoms with Crippen molar-refractivity contribution in [3.05, 3.63) is 48.0 Å². The highest BCUT2D eigenvalue weighted by Gasteiger charge is 2.20. The molecule has 0 radical (unpaired) electrons. The largest absolute Gasteiger partial charge is 0.507 e. The lowest BCUT2D eigenvalue weighted by Gasteiger charge is -2.22. The van der Waals surface area contributed by atoms with E-state index >= 15 is 0 Å². The highest BCUT2D eigenvalue weighted by Crippen LogP contribution is 2.24.